The molecule has 18 heavy (non-hydrogen) atoms. The maximum atomic E-state index is 10.3. The molecule has 0 heterocycles. The highest BCUT2D eigenvalue weighted by molar-refractivity contribution is 6.31. The molecule has 0 aliphatic heterocycles. The first-order valence-corrected chi connectivity index (χ1v) is 6.47. The normalized spacial score (nSPS) is 15.5. The molecular weight excluding hydrogens is 250 g/mol. The van der Waals surface area contributed by atoms with E-state index < -0.39 is 11.6 Å². The van der Waals surface area contributed by atoms with Gasteiger partial charge in [-0.15, -0.1) is 0 Å². The summed E-state index contributed by atoms with van der Waals surface area (Å²) in [5.41, 5.74) is 1.36. The molecule has 1 aromatic rings. The van der Waals surface area contributed by atoms with Gasteiger partial charge in [0.25, 0.3) is 0 Å². The molecule has 3 N–H and O–H groups in total. The molecule has 0 fully saturated rings. The van der Waals surface area contributed by atoms with Gasteiger partial charge >= 0.3 is 0 Å². The molecule has 0 aliphatic carbocycles. The second kappa shape index (κ2) is 6.02. The summed E-state index contributed by atoms with van der Waals surface area (Å²) in [5.74, 6) is 0. The van der Waals surface area contributed by atoms with Crippen molar-refractivity contribution in [2.24, 2.45) is 0 Å². The maximum Gasteiger partial charge on any atom is 0.0940 e. The van der Waals surface area contributed by atoms with E-state index in [1.165, 1.54) is 0 Å². The molecule has 0 bridgehead atoms. The van der Waals surface area contributed by atoms with Gasteiger partial charge in [0.2, 0.25) is 0 Å². The smallest absolute Gasteiger partial charge is 0.0940 e. The molecule has 0 spiro atoms. The van der Waals surface area contributed by atoms with E-state index in [1.54, 1.807) is 6.07 Å². The molecule has 0 aromatic heterocycles. The fourth-order valence-electron chi connectivity index (χ4n) is 1.88. The van der Waals surface area contributed by atoms with E-state index in [1.807, 2.05) is 39.8 Å². The van der Waals surface area contributed by atoms with Crippen LogP contribution in [-0.4, -0.2) is 28.4 Å². The molecule has 2 atom stereocenters. The van der Waals surface area contributed by atoms with Crippen molar-refractivity contribution >= 4 is 11.6 Å². The van der Waals surface area contributed by atoms with Crippen LogP contribution in [0.25, 0.3) is 0 Å². The lowest BCUT2D eigenvalue weighted by molar-refractivity contribution is 0.0991. The average molecular weight is 272 g/mol. The topological polar surface area (TPSA) is 52.5 Å². The van der Waals surface area contributed by atoms with Crippen LogP contribution in [0.15, 0.2) is 18.2 Å². The summed E-state index contributed by atoms with van der Waals surface area (Å²) in [6.07, 6.45) is -0.633. The van der Waals surface area contributed by atoms with E-state index >= 15 is 0 Å². The van der Waals surface area contributed by atoms with Crippen LogP contribution in [-0.2, 0) is 0 Å². The highest BCUT2D eigenvalue weighted by Gasteiger charge is 2.24. The molecule has 0 saturated heterocycles. The van der Waals surface area contributed by atoms with Crippen LogP contribution < -0.4 is 5.32 Å². The lowest BCUT2D eigenvalue weighted by atomic mass is 9.98. The molecule has 0 aliphatic rings. The summed E-state index contributed by atoms with van der Waals surface area (Å²) in [4.78, 5) is 0. The fourth-order valence-corrected chi connectivity index (χ4v) is 2.00. The van der Waals surface area contributed by atoms with Gasteiger partial charge in [-0.05, 0) is 44.9 Å². The summed E-state index contributed by atoms with van der Waals surface area (Å²) in [7, 11) is 0. The van der Waals surface area contributed by atoms with Crippen molar-refractivity contribution in [1.29, 1.82) is 0 Å². The average Bonchev–Trinajstić information content (AvgIpc) is 2.31. The number of aliphatic hydroxyl groups is 2. The van der Waals surface area contributed by atoms with Gasteiger partial charge in [0.1, 0.15) is 0 Å². The van der Waals surface area contributed by atoms with Gasteiger partial charge in [-0.1, -0.05) is 23.7 Å². The first kappa shape index (κ1) is 15.4. The van der Waals surface area contributed by atoms with Crippen LogP contribution in [0.5, 0.6) is 0 Å². The van der Waals surface area contributed by atoms with Crippen molar-refractivity contribution in [3.8, 4) is 0 Å². The lowest BCUT2D eigenvalue weighted by Crippen LogP contribution is -2.49. The summed E-state index contributed by atoms with van der Waals surface area (Å²) >= 11 is 5.96. The third-order valence-electron chi connectivity index (χ3n) is 3.01. The Labute approximate surface area is 114 Å². The summed E-state index contributed by atoms with van der Waals surface area (Å²) < 4.78 is 0. The van der Waals surface area contributed by atoms with Gasteiger partial charge in [-0.25, -0.2) is 0 Å². The number of rotatable bonds is 5. The number of benzene rings is 1. The number of halogens is 1. The predicted molar refractivity (Wildman–Crippen MR) is 74.9 cm³/mol. The minimum Gasteiger partial charge on any atom is -0.394 e. The number of nitrogens with one attached hydrogen (secondary N) is 1. The van der Waals surface area contributed by atoms with Crippen LogP contribution in [0.4, 0.5) is 0 Å². The monoisotopic (exact) mass is 271 g/mol. The van der Waals surface area contributed by atoms with Crippen LogP contribution in [0.2, 0.25) is 5.02 Å². The molecule has 2 unspecified atom stereocenters. The van der Waals surface area contributed by atoms with Crippen LogP contribution in [0.3, 0.4) is 0 Å². The van der Waals surface area contributed by atoms with Gasteiger partial charge in [-0.2, -0.15) is 0 Å². The first-order chi connectivity index (χ1) is 8.26. The molecule has 0 amide bonds. The third kappa shape index (κ3) is 3.95. The molecule has 4 heteroatoms. The zero-order chi connectivity index (χ0) is 13.9. The highest BCUT2D eigenvalue weighted by Crippen LogP contribution is 2.23. The molecule has 1 aromatic carbocycles. The van der Waals surface area contributed by atoms with Crippen LogP contribution in [0, 0.1) is 6.92 Å². The number of aryl methyl sites for hydroxylation is 1. The van der Waals surface area contributed by atoms with Crippen LogP contribution in [0.1, 0.15) is 38.0 Å². The molecule has 0 saturated carbocycles. The molecular formula is C14H22ClNO2. The van der Waals surface area contributed by atoms with E-state index in [9.17, 15) is 10.2 Å². The van der Waals surface area contributed by atoms with E-state index in [2.05, 4.69) is 5.32 Å². The third-order valence-corrected chi connectivity index (χ3v) is 3.43. The van der Waals surface area contributed by atoms with Gasteiger partial charge in [0.05, 0.1) is 12.7 Å². The van der Waals surface area contributed by atoms with Gasteiger partial charge < -0.3 is 15.5 Å². The van der Waals surface area contributed by atoms with Crippen molar-refractivity contribution in [1.82, 2.24) is 5.32 Å². The lowest BCUT2D eigenvalue weighted by Gasteiger charge is -2.31. The Bertz CT molecular complexity index is 407. The van der Waals surface area contributed by atoms with Gasteiger partial charge in [0, 0.05) is 16.6 Å². The van der Waals surface area contributed by atoms with E-state index in [4.69, 9.17) is 11.6 Å². The second-order valence-electron chi connectivity index (χ2n) is 5.43. The number of hydrogen-bond donors (Lipinski definition) is 3. The fraction of sp³-hybridized carbons (Fsp3) is 0.571. The van der Waals surface area contributed by atoms with E-state index in [0.717, 1.165) is 11.1 Å². The predicted octanol–water partition coefficient (Wildman–Crippen LogP) is 2.43. The van der Waals surface area contributed by atoms with Crippen molar-refractivity contribution in [3.05, 3.63) is 34.3 Å². The zero-order valence-electron chi connectivity index (χ0n) is 11.4. The molecule has 3 nitrogen and oxygen atoms in total. The summed E-state index contributed by atoms with van der Waals surface area (Å²) in [6.45, 7) is 7.61. The summed E-state index contributed by atoms with van der Waals surface area (Å²) in [5, 5.41) is 23.4. The van der Waals surface area contributed by atoms with Gasteiger partial charge in [0.15, 0.2) is 0 Å². The SMILES string of the molecule is Cc1cc(C(O)C(C)NC(C)(C)CO)ccc1Cl. The Kier molecular flexibility index (Phi) is 5.17. The van der Waals surface area contributed by atoms with Crippen molar-refractivity contribution in [2.45, 2.75) is 45.4 Å². The molecule has 0 radical (unpaired) electrons. The Balaban J connectivity index is 2.80. The van der Waals surface area contributed by atoms with E-state index in [-0.39, 0.29) is 12.6 Å². The highest BCUT2D eigenvalue weighted by atomic mass is 35.5. The number of hydrogen-bond acceptors (Lipinski definition) is 3. The van der Waals surface area contributed by atoms with Crippen molar-refractivity contribution in [3.63, 3.8) is 0 Å². The van der Waals surface area contributed by atoms with Crippen molar-refractivity contribution in [2.75, 3.05) is 6.61 Å². The summed E-state index contributed by atoms with van der Waals surface area (Å²) in [6, 6.07) is 5.34. The number of aliphatic hydroxyl groups excluding tert-OH is 2. The Morgan fingerprint density at radius 3 is 2.50 bits per heavy atom. The quantitative estimate of drug-likeness (QED) is 0.771. The maximum absolute atomic E-state index is 10.3. The van der Waals surface area contributed by atoms with E-state index in [0.29, 0.717) is 5.02 Å². The Morgan fingerprint density at radius 1 is 1.39 bits per heavy atom. The largest absolute Gasteiger partial charge is 0.394 e. The minimum atomic E-state index is -0.633. The first-order valence-electron chi connectivity index (χ1n) is 6.09. The Morgan fingerprint density at radius 2 is 2.00 bits per heavy atom. The zero-order valence-corrected chi connectivity index (χ0v) is 12.1. The van der Waals surface area contributed by atoms with Crippen molar-refractivity contribution < 1.29 is 10.2 Å². The minimum absolute atomic E-state index is 0.0176. The van der Waals surface area contributed by atoms with Crippen LogP contribution >= 0.6 is 11.6 Å². The van der Waals surface area contributed by atoms with Gasteiger partial charge in [-0.3, -0.25) is 0 Å². The Hall–Kier alpha value is -0.610. The standard InChI is InChI=1S/C14H22ClNO2/c1-9-7-11(5-6-12(9)15)13(18)10(2)16-14(3,4)8-17/h5-7,10,13,16-18H,8H2,1-4H3. The molecule has 102 valence electrons. The second-order valence-corrected chi connectivity index (χ2v) is 5.84. The molecule has 1 rings (SSSR count).